The minimum atomic E-state index is -0.576. The molecule has 0 amide bonds. The summed E-state index contributed by atoms with van der Waals surface area (Å²) in [5.74, 6) is 2.11. The van der Waals surface area contributed by atoms with Crippen LogP contribution in [0.3, 0.4) is 0 Å². The Balaban J connectivity index is 1.69. The topological polar surface area (TPSA) is 81.3 Å². The summed E-state index contributed by atoms with van der Waals surface area (Å²) in [5, 5.41) is 3.96. The average molecular weight is 276 g/mol. The van der Waals surface area contributed by atoms with Gasteiger partial charge in [-0.3, -0.25) is 4.90 Å². The van der Waals surface area contributed by atoms with Gasteiger partial charge in [-0.2, -0.15) is 4.98 Å². The SMILES string of the molecule is CC(C)(N)c1noc(CN(Cc2ccco2)C2CC2)n1. The van der Waals surface area contributed by atoms with Crippen molar-refractivity contribution >= 4 is 0 Å². The van der Waals surface area contributed by atoms with Gasteiger partial charge in [0, 0.05) is 6.04 Å². The molecule has 6 heteroatoms. The van der Waals surface area contributed by atoms with Gasteiger partial charge in [0.1, 0.15) is 5.76 Å². The number of nitrogens with two attached hydrogens (primary N) is 1. The number of rotatable bonds is 6. The highest BCUT2D eigenvalue weighted by Gasteiger charge is 2.31. The molecule has 1 saturated carbocycles. The van der Waals surface area contributed by atoms with Crippen LogP contribution in [0.4, 0.5) is 0 Å². The Bertz CT molecular complexity index is 552. The zero-order chi connectivity index (χ0) is 14.2. The van der Waals surface area contributed by atoms with Gasteiger partial charge in [-0.25, -0.2) is 0 Å². The van der Waals surface area contributed by atoms with Crippen LogP contribution in [0.25, 0.3) is 0 Å². The fraction of sp³-hybridized carbons (Fsp3) is 0.571. The van der Waals surface area contributed by atoms with E-state index in [2.05, 4.69) is 15.0 Å². The van der Waals surface area contributed by atoms with Crippen LogP contribution in [0.2, 0.25) is 0 Å². The molecule has 2 heterocycles. The Morgan fingerprint density at radius 3 is 2.75 bits per heavy atom. The molecule has 0 unspecified atom stereocenters. The van der Waals surface area contributed by atoms with E-state index < -0.39 is 5.54 Å². The largest absolute Gasteiger partial charge is 0.468 e. The van der Waals surface area contributed by atoms with Gasteiger partial charge >= 0.3 is 0 Å². The van der Waals surface area contributed by atoms with E-state index in [-0.39, 0.29) is 0 Å². The number of hydrogen-bond acceptors (Lipinski definition) is 6. The first-order valence-electron chi connectivity index (χ1n) is 6.91. The lowest BCUT2D eigenvalue weighted by Crippen LogP contribution is -2.30. The van der Waals surface area contributed by atoms with E-state index in [1.54, 1.807) is 6.26 Å². The van der Waals surface area contributed by atoms with E-state index in [0.717, 1.165) is 12.3 Å². The standard InChI is InChI=1S/C14H20N4O2/c1-14(2,15)13-16-12(20-17-13)9-18(10-5-6-10)8-11-4-3-7-19-11/h3-4,7,10H,5-6,8-9,15H2,1-2H3. The summed E-state index contributed by atoms with van der Waals surface area (Å²) in [5.41, 5.74) is 5.39. The smallest absolute Gasteiger partial charge is 0.240 e. The number of aromatic nitrogens is 2. The molecule has 0 aliphatic heterocycles. The van der Waals surface area contributed by atoms with Gasteiger partial charge in [0.15, 0.2) is 5.82 Å². The van der Waals surface area contributed by atoms with Gasteiger partial charge in [-0.15, -0.1) is 0 Å². The number of nitrogens with zero attached hydrogens (tertiary/aromatic N) is 3. The zero-order valence-corrected chi connectivity index (χ0v) is 11.9. The molecule has 1 fully saturated rings. The van der Waals surface area contributed by atoms with Crippen molar-refractivity contribution in [1.29, 1.82) is 0 Å². The second-order valence-electron chi connectivity index (χ2n) is 5.95. The predicted octanol–water partition coefficient (Wildman–Crippen LogP) is 2.02. The summed E-state index contributed by atoms with van der Waals surface area (Å²) in [6.07, 6.45) is 4.12. The normalized spacial score (nSPS) is 16.0. The molecule has 2 aromatic heterocycles. The summed E-state index contributed by atoms with van der Waals surface area (Å²) < 4.78 is 10.7. The van der Waals surface area contributed by atoms with Gasteiger partial charge in [0.25, 0.3) is 0 Å². The summed E-state index contributed by atoms with van der Waals surface area (Å²) >= 11 is 0. The maximum absolute atomic E-state index is 5.97. The monoisotopic (exact) mass is 276 g/mol. The van der Waals surface area contributed by atoms with E-state index in [4.69, 9.17) is 14.7 Å². The van der Waals surface area contributed by atoms with Crippen LogP contribution >= 0.6 is 0 Å². The lowest BCUT2D eigenvalue weighted by Gasteiger charge is -2.18. The molecule has 0 aromatic carbocycles. The van der Waals surface area contributed by atoms with Crippen molar-refractivity contribution in [3.63, 3.8) is 0 Å². The fourth-order valence-corrected chi connectivity index (χ4v) is 2.11. The molecule has 0 radical (unpaired) electrons. The molecule has 1 aliphatic rings. The molecule has 6 nitrogen and oxygen atoms in total. The summed E-state index contributed by atoms with van der Waals surface area (Å²) in [6.45, 7) is 5.13. The Morgan fingerprint density at radius 1 is 1.40 bits per heavy atom. The molecule has 108 valence electrons. The van der Waals surface area contributed by atoms with E-state index in [9.17, 15) is 0 Å². The number of hydrogen-bond donors (Lipinski definition) is 1. The predicted molar refractivity (Wildman–Crippen MR) is 72.5 cm³/mol. The van der Waals surface area contributed by atoms with Crippen LogP contribution in [0.5, 0.6) is 0 Å². The molecule has 2 aromatic rings. The van der Waals surface area contributed by atoms with Gasteiger partial charge < -0.3 is 14.7 Å². The van der Waals surface area contributed by atoms with E-state index in [1.165, 1.54) is 12.8 Å². The highest BCUT2D eigenvalue weighted by Crippen LogP contribution is 2.29. The molecule has 0 atom stereocenters. The van der Waals surface area contributed by atoms with Crippen LogP contribution in [-0.2, 0) is 18.6 Å². The lowest BCUT2D eigenvalue weighted by atomic mass is 10.1. The molecule has 0 bridgehead atoms. The van der Waals surface area contributed by atoms with Gasteiger partial charge in [0.2, 0.25) is 5.89 Å². The van der Waals surface area contributed by atoms with Crippen molar-refractivity contribution in [2.24, 2.45) is 5.73 Å². The second-order valence-corrected chi connectivity index (χ2v) is 5.95. The van der Waals surface area contributed by atoms with Gasteiger partial charge in [-0.05, 0) is 38.8 Å². The molecule has 1 aliphatic carbocycles. The molecule has 0 saturated heterocycles. The maximum atomic E-state index is 5.97. The molecule has 3 rings (SSSR count). The molecular formula is C14H20N4O2. The van der Waals surface area contributed by atoms with Crippen LogP contribution in [0, 0.1) is 0 Å². The summed E-state index contributed by atoms with van der Waals surface area (Å²) in [4.78, 5) is 6.69. The zero-order valence-electron chi connectivity index (χ0n) is 11.9. The fourth-order valence-electron chi connectivity index (χ4n) is 2.11. The van der Waals surface area contributed by atoms with E-state index in [0.29, 0.717) is 24.3 Å². The van der Waals surface area contributed by atoms with Crippen LogP contribution in [0.1, 0.15) is 44.2 Å². The van der Waals surface area contributed by atoms with Crippen molar-refractivity contribution in [3.8, 4) is 0 Å². The van der Waals surface area contributed by atoms with Gasteiger partial charge in [0.05, 0.1) is 24.9 Å². The first-order chi connectivity index (χ1) is 9.52. The third-order valence-corrected chi connectivity index (χ3v) is 3.39. The average Bonchev–Trinajstić information content (AvgIpc) is 2.88. The lowest BCUT2D eigenvalue weighted by molar-refractivity contribution is 0.195. The van der Waals surface area contributed by atoms with Crippen LogP contribution in [0.15, 0.2) is 27.3 Å². The van der Waals surface area contributed by atoms with E-state index >= 15 is 0 Å². The Hall–Kier alpha value is -1.66. The van der Waals surface area contributed by atoms with Crippen molar-refractivity contribution in [1.82, 2.24) is 15.0 Å². The maximum Gasteiger partial charge on any atom is 0.240 e. The minimum Gasteiger partial charge on any atom is -0.468 e. The Labute approximate surface area is 117 Å². The van der Waals surface area contributed by atoms with E-state index in [1.807, 2.05) is 26.0 Å². The quantitative estimate of drug-likeness (QED) is 0.869. The minimum absolute atomic E-state index is 0.543. The summed E-state index contributed by atoms with van der Waals surface area (Å²) in [6, 6.07) is 4.47. The Morgan fingerprint density at radius 2 is 2.20 bits per heavy atom. The van der Waals surface area contributed by atoms with Crippen LogP contribution < -0.4 is 5.73 Å². The highest BCUT2D eigenvalue weighted by molar-refractivity contribution is 5.02. The van der Waals surface area contributed by atoms with Crippen molar-refractivity contribution in [3.05, 3.63) is 35.9 Å². The summed E-state index contributed by atoms with van der Waals surface area (Å²) in [7, 11) is 0. The first kappa shape index (κ1) is 13.3. The Kier molecular flexibility index (Phi) is 3.35. The number of furan rings is 1. The third kappa shape index (κ3) is 3.08. The molecule has 2 N–H and O–H groups in total. The van der Waals surface area contributed by atoms with Crippen molar-refractivity contribution in [2.75, 3.05) is 0 Å². The van der Waals surface area contributed by atoms with Gasteiger partial charge in [-0.1, -0.05) is 5.16 Å². The second kappa shape index (κ2) is 5.03. The molecule has 0 spiro atoms. The highest BCUT2D eigenvalue weighted by atomic mass is 16.5. The first-order valence-corrected chi connectivity index (χ1v) is 6.91. The van der Waals surface area contributed by atoms with Crippen LogP contribution in [-0.4, -0.2) is 21.1 Å². The van der Waals surface area contributed by atoms with Crippen molar-refractivity contribution in [2.45, 2.75) is 51.4 Å². The third-order valence-electron chi connectivity index (χ3n) is 3.39. The molecular weight excluding hydrogens is 256 g/mol. The molecule has 20 heavy (non-hydrogen) atoms. The van der Waals surface area contributed by atoms with Crippen molar-refractivity contribution < 1.29 is 8.94 Å².